The molecule has 1 aliphatic carbocycles. The highest BCUT2D eigenvalue weighted by Gasteiger charge is 2.32. The van der Waals surface area contributed by atoms with Crippen molar-refractivity contribution < 1.29 is 14.5 Å². The Bertz CT molecular complexity index is 1250. The number of nitro groups is 1. The number of non-ortho nitro benzene ring substituents is 1. The number of nitrogens with one attached hydrogen (secondary N) is 1. The van der Waals surface area contributed by atoms with Crippen LogP contribution in [0.25, 0.3) is 0 Å². The number of nitrogens with zero attached hydrogens (tertiary/aromatic N) is 2. The van der Waals surface area contributed by atoms with Gasteiger partial charge >= 0.3 is 0 Å². The molecule has 0 aromatic heterocycles. The Kier molecular flexibility index (Phi) is 10.6. The van der Waals surface area contributed by atoms with Crippen LogP contribution in [0.4, 0.5) is 5.69 Å². The summed E-state index contributed by atoms with van der Waals surface area (Å²) >= 11 is 4.91. The van der Waals surface area contributed by atoms with Crippen molar-refractivity contribution in [1.82, 2.24) is 10.2 Å². The molecule has 9 heteroatoms. The molecule has 1 aliphatic rings. The van der Waals surface area contributed by atoms with Crippen molar-refractivity contribution in [2.24, 2.45) is 0 Å². The number of thioether (sulfide) groups is 1. The molecule has 204 valence electrons. The van der Waals surface area contributed by atoms with Crippen LogP contribution in [0.5, 0.6) is 0 Å². The molecule has 0 heterocycles. The van der Waals surface area contributed by atoms with Gasteiger partial charge in [0.15, 0.2) is 0 Å². The van der Waals surface area contributed by atoms with Crippen LogP contribution in [0.2, 0.25) is 0 Å². The van der Waals surface area contributed by atoms with E-state index in [0.717, 1.165) is 46.8 Å². The van der Waals surface area contributed by atoms with Crippen molar-refractivity contribution in [3.8, 4) is 0 Å². The van der Waals surface area contributed by atoms with Gasteiger partial charge in [-0.15, -0.1) is 11.8 Å². The van der Waals surface area contributed by atoms with Gasteiger partial charge < -0.3 is 10.2 Å². The Morgan fingerprint density at radius 2 is 1.59 bits per heavy atom. The van der Waals surface area contributed by atoms with Crippen molar-refractivity contribution in [1.29, 1.82) is 0 Å². The predicted octanol–water partition coefficient (Wildman–Crippen LogP) is 6.29. The summed E-state index contributed by atoms with van der Waals surface area (Å²) in [6, 6.07) is 23.5. The van der Waals surface area contributed by atoms with Crippen molar-refractivity contribution in [3.05, 3.63) is 110 Å². The number of nitro benzene ring substituents is 1. The summed E-state index contributed by atoms with van der Waals surface area (Å²) < 4.78 is 0.947. The predicted molar refractivity (Wildman–Crippen MR) is 158 cm³/mol. The second-order valence-electron chi connectivity index (χ2n) is 9.76. The fourth-order valence-electron chi connectivity index (χ4n) is 4.76. The number of hydrogen-bond acceptors (Lipinski definition) is 5. The van der Waals surface area contributed by atoms with Gasteiger partial charge in [0.2, 0.25) is 11.8 Å². The van der Waals surface area contributed by atoms with Gasteiger partial charge in [-0.05, 0) is 41.7 Å². The first kappa shape index (κ1) is 28.8. The van der Waals surface area contributed by atoms with Crippen LogP contribution in [-0.2, 0) is 28.3 Å². The van der Waals surface area contributed by atoms with Gasteiger partial charge in [0.1, 0.15) is 6.04 Å². The first-order valence-corrected chi connectivity index (χ1v) is 15.0. The summed E-state index contributed by atoms with van der Waals surface area (Å²) in [6.45, 7) is 0.319. The second kappa shape index (κ2) is 14.3. The van der Waals surface area contributed by atoms with Crippen LogP contribution in [0.15, 0.2) is 83.3 Å². The fraction of sp³-hybridized carbons (Fsp3) is 0.333. The number of rotatable bonds is 12. The Balaban J connectivity index is 1.53. The summed E-state index contributed by atoms with van der Waals surface area (Å²) in [4.78, 5) is 39.7. The highest BCUT2D eigenvalue weighted by Crippen LogP contribution is 2.22. The molecule has 3 aromatic rings. The normalized spacial score (nSPS) is 14.1. The van der Waals surface area contributed by atoms with E-state index in [9.17, 15) is 19.7 Å². The van der Waals surface area contributed by atoms with Gasteiger partial charge in [0.25, 0.3) is 5.69 Å². The molecular weight excluding hydrogens is 578 g/mol. The monoisotopic (exact) mass is 609 g/mol. The Morgan fingerprint density at radius 1 is 0.949 bits per heavy atom. The zero-order valence-electron chi connectivity index (χ0n) is 21.6. The highest BCUT2D eigenvalue weighted by atomic mass is 79.9. The van der Waals surface area contributed by atoms with Gasteiger partial charge in [-0.1, -0.05) is 83.4 Å². The average molecular weight is 611 g/mol. The van der Waals surface area contributed by atoms with E-state index in [1.807, 2.05) is 54.6 Å². The van der Waals surface area contributed by atoms with Gasteiger partial charge in [-0.25, -0.2) is 0 Å². The molecule has 1 fully saturated rings. The van der Waals surface area contributed by atoms with Crippen LogP contribution in [0.3, 0.4) is 0 Å². The molecule has 2 amide bonds. The molecule has 0 spiro atoms. The Labute approximate surface area is 241 Å². The van der Waals surface area contributed by atoms with Crippen LogP contribution in [0.1, 0.15) is 42.4 Å². The average Bonchev–Trinajstić information content (AvgIpc) is 3.45. The molecular formula is C30H32BrN3O4S. The van der Waals surface area contributed by atoms with Crippen LogP contribution in [-0.4, -0.2) is 39.5 Å². The summed E-state index contributed by atoms with van der Waals surface area (Å²) in [5.41, 5.74) is 2.88. The van der Waals surface area contributed by atoms with Crippen molar-refractivity contribution >= 4 is 45.2 Å². The number of carbonyl (C=O) groups is 2. The molecule has 0 aliphatic heterocycles. The van der Waals surface area contributed by atoms with Gasteiger partial charge in [0, 0.05) is 41.4 Å². The molecule has 0 saturated heterocycles. The first-order valence-electron chi connectivity index (χ1n) is 13.1. The molecule has 1 N–H and O–H groups in total. The number of halogens is 1. The van der Waals surface area contributed by atoms with E-state index in [4.69, 9.17) is 0 Å². The molecule has 7 nitrogen and oxygen atoms in total. The van der Waals surface area contributed by atoms with Gasteiger partial charge in [-0.2, -0.15) is 0 Å². The third-order valence-electron chi connectivity index (χ3n) is 6.88. The van der Waals surface area contributed by atoms with E-state index in [1.165, 1.54) is 23.9 Å². The molecule has 0 unspecified atom stereocenters. The Hall–Kier alpha value is -3.17. The maximum absolute atomic E-state index is 13.7. The van der Waals surface area contributed by atoms with Gasteiger partial charge in [0.05, 0.1) is 10.7 Å². The molecule has 39 heavy (non-hydrogen) atoms. The summed E-state index contributed by atoms with van der Waals surface area (Å²) in [7, 11) is 0. The first-order chi connectivity index (χ1) is 18.9. The lowest BCUT2D eigenvalue weighted by molar-refractivity contribution is -0.384. The minimum atomic E-state index is -0.649. The van der Waals surface area contributed by atoms with Crippen LogP contribution >= 0.6 is 27.7 Å². The topological polar surface area (TPSA) is 92.6 Å². The maximum Gasteiger partial charge on any atom is 0.269 e. The minimum absolute atomic E-state index is 0.0394. The second-order valence-corrected chi connectivity index (χ2v) is 11.7. The van der Waals surface area contributed by atoms with E-state index < -0.39 is 11.0 Å². The summed E-state index contributed by atoms with van der Waals surface area (Å²) in [5.74, 6) is 0.493. The molecule has 0 bridgehead atoms. The van der Waals surface area contributed by atoms with Crippen molar-refractivity contribution in [2.75, 3.05) is 5.75 Å². The maximum atomic E-state index is 13.7. The number of hydrogen-bond donors (Lipinski definition) is 1. The lowest BCUT2D eigenvalue weighted by atomic mass is 10.0. The van der Waals surface area contributed by atoms with E-state index in [2.05, 4.69) is 21.2 Å². The number of carbonyl (C=O) groups excluding carboxylic acids is 2. The fourth-order valence-corrected chi connectivity index (χ4v) is 5.90. The smallest absolute Gasteiger partial charge is 0.269 e. The SMILES string of the molecule is O=C(NC1CCCC1)[C@H](Cc1ccccc1)N(Cc1ccc(Br)cc1)C(=O)CSCc1ccc([N+](=O)[O-])cc1. The highest BCUT2D eigenvalue weighted by molar-refractivity contribution is 9.10. The standard InChI is InChI=1S/C30H32BrN3O4S/c31-25-14-10-23(11-15-25)19-33(29(35)21-39-20-24-12-16-27(17-13-24)34(37)38)28(18-22-6-2-1-3-7-22)30(36)32-26-8-4-5-9-26/h1-3,6-7,10-17,26,28H,4-5,8-9,18-21H2,(H,32,36)/t28-/m0/s1. The molecule has 4 rings (SSSR count). The third-order valence-corrected chi connectivity index (χ3v) is 8.40. The van der Waals surface area contributed by atoms with E-state index in [0.29, 0.717) is 18.7 Å². The van der Waals surface area contributed by atoms with E-state index in [1.54, 1.807) is 17.0 Å². The lowest BCUT2D eigenvalue weighted by Crippen LogP contribution is -2.52. The van der Waals surface area contributed by atoms with Crippen molar-refractivity contribution in [2.45, 2.75) is 56.5 Å². The van der Waals surface area contributed by atoms with Crippen LogP contribution in [0, 0.1) is 10.1 Å². The number of amides is 2. The molecule has 1 saturated carbocycles. The minimum Gasteiger partial charge on any atom is -0.352 e. The zero-order valence-corrected chi connectivity index (χ0v) is 24.0. The molecule has 1 atom stereocenters. The lowest BCUT2D eigenvalue weighted by Gasteiger charge is -2.32. The summed E-state index contributed by atoms with van der Waals surface area (Å²) in [6.07, 6.45) is 4.57. The van der Waals surface area contributed by atoms with Crippen molar-refractivity contribution in [3.63, 3.8) is 0 Å². The number of benzene rings is 3. The molecule has 0 radical (unpaired) electrons. The van der Waals surface area contributed by atoms with E-state index in [-0.39, 0.29) is 29.3 Å². The quantitative estimate of drug-likeness (QED) is 0.192. The third kappa shape index (κ3) is 8.66. The largest absolute Gasteiger partial charge is 0.352 e. The Morgan fingerprint density at radius 3 is 2.23 bits per heavy atom. The van der Waals surface area contributed by atoms with Crippen LogP contribution < -0.4 is 5.32 Å². The van der Waals surface area contributed by atoms with Gasteiger partial charge in [-0.3, -0.25) is 19.7 Å². The summed E-state index contributed by atoms with van der Waals surface area (Å²) in [5, 5.41) is 14.2. The van der Waals surface area contributed by atoms with E-state index >= 15 is 0 Å². The molecule has 3 aromatic carbocycles. The zero-order chi connectivity index (χ0) is 27.6.